The van der Waals surface area contributed by atoms with Crippen LogP contribution >= 0.6 is 0 Å². The van der Waals surface area contributed by atoms with Gasteiger partial charge in [0, 0.05) is 25.4 Å². The van der Waals surface area contributed by atoms with Crippen LogP contribution in [0, 0.1) is 0 Å². The quantitative estimate of drug-likeness (QED) is 0.826. The summed E-state index contributed by atoms with van der Waals surface area (Å²) in [5.41, 5.74) is 0.575. The molecule has 2 heterocycles. The first-order valence-electron chi connectivity index (χ1n) is 5.77. The lowest BCUT2D eigenvalue weighted by Crippen LogP contribution is -2.25. The smallest absolute Gasteiger partial charge is 0.257 e. The molecule has 0 aliphatic rings. The van der Waals surface area contributed by atoms with Crippen LogP contribution in [0.4, 0.5) is 0 Å². The fourth-order valence-corrected chi connectivity index (χ4v) is 1.58. The molecule has 0 spiro atoms. The van der Waals surface area contributed by atoms with Crippen molar-refractivity contribution in [1.82, 2.24) is 19.8 Å². The predicted molar refractivity (Wildman–Crippen MR) is 64.9 cm³/mol. The molecule has 18 heavy (non-hydrogen) atoms. The molecule has 0 N–H and O–H groups in total. The third-order valence-corrected chi connectivity index (χ3v) is 2.61. The maximum Gasteiger partial charge on any atom is 0.257 e. The molecule has 0 radical (unpaired) electrons. The summed E-state index contributed by atoms with van der Waals surface area (Å²) in [5.74, 6) is 0.570. The SMILES string of the molecule is CC(C)n1cc(C(=O)N(C)Cc2ccno2)cn1. The van der Waals surface area contributed by atoms with Gasteiger partial charge >= 0.3 is 0 Å². The predicted octanol–water partition coefficient (Wildman–Crippen LogP) is 1.72. The second-order valence-corrected chi connectivity index (χ2v) is 4.44. The molecule has 0 saturated heterocycles. The van der Waals surface area contributed by atoms with Gasteiger partial charge in [-0.2, -0.15) is 5.10 Å². The molecule has 0 aliphatic heterocycles. The van der Waals surface area contributed by atoms with Crippen LogP contribution in [0.25, 0.3) is 0 Å². The molecular formula is C12H16N4O2. The molecule has 0 unspecified atom stereocenters. The summed E-state index contributed by atoms with van der Waals surface area (Å²) in [6.45, 7) is 4.42. The summed E-state index contributed by atoms with van der Waals surface area (Å²) in [6.07, 6.45) is 4.90. The fourth-order valence-electron chi connectivity index (χ4n) is 1.58. The zero-order chi connectivity index (χ0) is 13.1. The van der Waals surface area contributed by atoms with Gasteiger partial charge in [-0.1, -0.05) is 5.16 Å². The maximum absolute atomic E-state index is 12.1. The molecule has 0 atom stereocenters. The number of rotatable bonds is 4. The minimum absolute atomic E-state index is 0.0849. The average molecular weight is 248 g/mol. The van der Waals surface area contributed by atoms with E-state index in [0.717, 1.165) is 0 Å². The van der Waals surface area contributed by atoms with Crippen LogP contribution in [-0.2, 0) is 6.54 Å². The summed E-state index contributed by atoms with van der Waals surface area (Å²) in [4.78, 5) is 13.7. The summed E-state index contributed by atoms with van der Waals surface area (Å²) >= 11 is 0. The average Bonchev–Trinajstić information content (AvgIpc) is 2.98. The van der Waals surface area contributed by atoms with Gasteiger partial charge in [-0.15, -0.1) is 0 Å². The van der Waals surface area contributed by atoms with Gasteiger partial charge in [0.1, 0.15) is 0 Å². The van der Waals surface area contributed by atoms with E-state index in [4.69, 9.17) is 4.52 Å². The van der Waals surface area contributed by atoms with Crippen molar-refractivity contribution in [3.63, 3.8) is 0 Å². The summed E-state index contributed by atoms with van der Waals surface area (Å²) in [5, 5.41) is 7.75. The van der Waals surface area contributed by atoms with Crippen LogP contribution in [0.15, 0.2) is 29.2 Å². The molecule has 0 bridgehead atoms. The van der Waals surface area contributed by atoms with Crippen molar-refractivity contribution < 1.29 is 9.32 Å². The first-order chi connectivity index (χ1) is 8.58. The van der Waals surface area contributed by atoms with Crippen LogP contribution in [0.2, 0.25) is 0 Å². The van der Waals surface area contributed by atoms with Crippen molar-refractivity contribution in [2.45, 2.75) is 26.4 Å². The lowest BCUT2D eigenvalue weighted by Gasteiger charge is -2.13. The van der Waals surface area contributed by atoms with E-state index < -0.39 is 0 Å². The molecule has 2 aromatic heterocycles. The summed E-state index contributed by atoms with van der Waals surface area (Å²) in [7, 11) is 1.72. The van der Waals surface area contributed by atoms with Gasteiger partial charge < -0.3 is 9.42 Å². The molecule has 2 rings (SSSR count). The molecule has 6 nitrogen and oxygen atoms in total. The van der Waals surface area contributed by atoms with E-state index in [1.807, 2.05) is 13.8 Å². The molecule has 0 saturated carbocycles. The Hall–Kier alpha value is -2.11. The van der Waals surface area contributed by atoms with Gasteiger partial charge in [0.05, 0.1) is 24.5 Å². The third kappa shape index (κ3) is 2.58. The molecule has 2 aromatic rings. The third-order valence-electron chi connectivity index (χ3n) is 2.61. The van der Waals surface area contributed by atoms with E-state index in [-0.39, 0.29) is 11.9 Å². The molecule has 96 valence electrons. The fraction of sp³-hybridized carbons (Fsp3) is 0.417. The van der Waals surface area contributed by atoms with Gasteiger partial charge in [-0.25, -0.2) is 0 Å². The highest BCUT2D eigenvalue weighted by atomic mass is 16.5. The maximum atomic E-state index is 12.1. The minimum atomic E-state index is -0.0849. The lowest BCUT2D eigenvalue weighted by molar-refractivity contribution is 0.0772. The zero-order valence-electron chi connectivity index (χ0n) is 10.7. The van der Waals surface area contributed by atoms with Gasteiger partial charge in [0.2, 0.25) is 0 Å². The Labute approximate surface area is 105 Å². The van der Waals surface area contributed by atoms with Gasteiger partial charge in [0.25, 0.3) is 5.91 Å². The van der Waals surface area contributed by atoms with Crippen molar-refractivity contribution in [3.05, 3.63) is 36.0 Å². The number of amides is 1. The standard InChI is InChI=1S/C12H16N4O2/c1-9(2)16-7-10(6-13-16)12(17)15(3)8-11-4-5-14-18-11/h4-7,9H,8H2,1-3H3. The summed E-state index contributed by atoms with van der Waals surface area (Å²) < 4.78 is 6.73. The van der Waals surface area contributed by atoms with Crippen LogP contribution in [0.3, 0.4) is 0 Å². The molecular weight excluding hydrogens is 232 g/mol. The number of hydrogen-bond donors (Lipinski definition) is 0. The van der Waals surface area contributed by atoms with Crippen LogP contribution in [0.5, 0.6) is 0 Å². The van der Waals surface area contributed by atoms with E-state index in [1.54, 1.807) is 41.3 Å². The van der Waals surface area contributed by atoms with Crippen LogP contribution in [0.1, 0.15) is 36.0 Å². The second-order valence-electron chi connectivity index (χ2n) is 4.44. The van der Waals surface area contributed by atoms with E-state index in [1.165, 1.54) is 0 Å². The molecule has 6 heteroatoms. The van der Waals surface area contributed by atoms with Crippen LogP contribution in [-0.4, -0.2) is 32.8 Å². The first kappa shape index (κ1) is 12.3. The van der Waals surface area contributed by atoms with E-state index >= 15 is 0 Å². The number of carbonyl (C=O) groups is 1. The highest BCUT2D eigenvalue weighted by molar-refractivity contribution is 5.93. The Balaban J connectivity index is 2.05. The normalized spacial score (nSPS) is 10.9. The summed E-state index contributed by atoms with van der Waals surface area (Å²) in [6, 6.07) is 1.98. The number of aromatic nitrogens is 3. The number of carbonyl (C=O) groups excluding carboxylic acids is 1. The Bertz CT molecular complexity index is 516. The van der Waals surface area contributed by atoms with Gasteiger partial charge in [-0.05, 0) is 13.8 Å². The zero-order valence-corrected chi connectivity index (χ0v) is 10.7. The van der Waals surface area contributed by atoms with Crippen molar-refractivity contribution >= 4 is 5.91 Å². The van der Waals surface area contributed by atoms with E-state index in [9.17, 15) is 4.79 Å². The van der Waals surface area contributed by atoms with Gasteiger partial charge in [0.15, 0.2) is 5.76 Å². The second kappa shape index (κ2) is 5.03. The first-order valence-corrected chi connectivity index (χ1v) is 5.77. The Morgan fingerprint density at radius 3 is 2.89 bits per heavy atom. The highest BCUT2D eigenvalue weighted by Gasteiger charge is 2.15. The topological polar surface area (TPSA) is 64.2 Å². The molecule has 0 aromatic carbocycles. The Morgan fingerprint density at radius 2 is 2.33 bits per heavy atom. The number of hydrogen-bond acceptors (Lipinski definition) is 4. The van der Waals surface area contributed by atoms with Crippen molar-refractivity contribution in [3.8, 4) is 0 Å². The Kier molecular flexibility index (Phi) is 3.45. The molecule has 0 fully saturated rings. The van der Waals surface area contributed by atoms with Crippen molar-refractivity contribution in [1.29, 1.82) is 0 Å². The van der Waals surface area contributed by atoms with Crippen molar-refractivity contribution in [2.24, 2.45) is 0 Å². The van der Waals surface area contributed by atoms with Gasteiger partial charge in [-0.3, -0.25) is 9.48 Å². The van der Waals surface area contributed by atoms with Crippen LogP contribution < -0.4 is 0 Å². The molecule has 0 aliphatic carbocycles. The lowest BCUT2D eigenvalue weighted by atomic mass is 10.3. The number of nitrogens with zero attached hydrogens (tertiary/aromatic N) is 4. The minimum Gasteiger partial charge on any atom is -0.360 e. The molecule has 1 amide bonds. The van der Waals surface area contributed by atoms with Crippen molar-refractivity contribution in [2.75, 3.05) is 7.05 Å². The largest absolute Gasteiger partial charge is 0.360 e. The highest BCUT2D eigenvalue weighted by Crippen LogP contribution is 2.09. The van der Waals surface area contributed by atoms with E-state index in [2.05, 4.69) is 10.3 Å². The van der Waals surface area contributed by atoms with E-state index in [0.29, 0.717) is 17.9 Å². The monoisotopic (exact) mass is 248 g/mol. The Morgan fingerprint density at radius 1 is 1.56 bits per heavy atom.